The molecule has 6 heteroatoms. The fourth-order valence-electron chi connectivity index (χ4n) is 2.51. The highest BCUT2D eigenvalue weighted by Crippen LogP contribution is 2.16. The Bertz CT molecular complexity index is 489. The van der Waals surface area contributed by atoms with E-state index in [1.807, 2.05) is 14.0 Å². The quantitative estimate of drug-likeness (QED) is 0.819. The highest BCUT2D eigenvalue weighted by molar-refractivity contribution is 6.29. The Morgan fingerprint density at radius 2 is 2.14 bits per heavy atom. The van der Waals surface area contributed by atoms with E-state index in [1.54, 1.807) is 17.0 Å². The van der Waals surface area contributed by atoms with Crippen molar-refractivity contribution in [2.24, 2.45) is 0 Å². The molecule has 1 aromatic rings. The van der Waals surface area contributed by atoms with Gasteiger partial charge in [-0.2, -0.15) is 0 Å². The lowest BCUT2D eigenvalue weighted by atomic mass is 10.2. The molecule has 2 heterocycles. The molecular formula is C15H23ClN4O. The number of rotatable bonds is 6. The predicted molar refractivity (Wildman–Crippen MR) is 86.0 cm³/mol. The van der Waals surface area contributed by atoms with Gasteiger partial charge in [-0.25, -0.2) is 4.98 Å². The molecule has 0 spiro atoms. The number of likely N-dealkylation sites (tertiary alicyclic amines) is 1. The summed E-state index contributed by atoms with van der Waals surface area (Å²) >= 11 is 5.99. The van der Waals surface area contributed by atoms with Gasteiger partial charge in [0.2, 0.25) is 0 Å². The number of pyridine rings is 1. The largest absolute Gasteiger partial charge is 0.370 e. The molecule has 0 unspecified atom stereocenters. The Morgan fingerprint density at radius 3 is 2.81 bits per heavy atom. The smallest absolute Gasteiger partial charge is 0.253 e. The summed E-state index contributed by atoms with van der Waals surface area (Å²) in [5.41, 5.74) is 0.579. The van der Waals surface area contributed by atoms with Crippen LogP contribution in [0.1, 0.15) is 30.1 Å². The number of carbonyl (C=O) groups excluding carboxylic acids is 1. The van der Waals surface area contributed by atoms with E-state index in [4.69, 9.17) is 11.6 Å². The summed E-state index contributed by atoms with van der Waals surface area (Å²) in [6.45, 7) is 6.68. The van der Waals surface area contributed by atoms with E-state index >= 15 is 0 Å². The summed E-state index contributed by atoms with van der Waals surface area (Å²) in [7, 11) is 1.83. The zero-order valence-corrected chi connectivity index (χ0v) is 13.5. The van der Waals surface area contributed by atoms with Crippen molar-refractivity contribution in [1.29, 1.82) is 0 Å². The molecule has 21 heavy (non-hydrogen) atoms. The second-order valence-electron chi connectivity index (χ2n) is 5.37. The molecule has 1 aliphatic rings. The summed E-state index contributed by atoms with van der Waals surface area (Å²) in [6, 6.07) is 3.38. The van der Waals surface area contributed by atoms with E-state index in [0.717, 1.165) is 32.7 Å². The minimum absolute atomic E-state index is 0.0161. The summed E-state index contributed by atoms with van der Waals surface area (Å²) in [5, 5.41) is 3.42. The number of nitrogens with one attached hydrogen (secondary N) is 1. The molecule has 5 nitrogen and oxygen atoms in total. The molecule has 1 fully saturated rings. The molecule has 1 amide bonds. The van der Waals surface area contributed by atoms with Crippen LogP contribution in [0, 0.1) is 0 Å². The summed E-state index contributed by atoms with van der Waals surface area (Å²) in [6.07, 6.45) is 2.54. The van der Waals surface area contributed by atoms with Crippen LogP contribution < -0.4 is 5.32 Å². The van der Waals surface area contributed by atoms with E-state index in [1.165, 1.54) is 12.8 Å². The Kier molecular flexibility index (Phi) is 5.82. The van der Waals surface area contributed by atoms with Gasteiger partial charge in [0.1, 0.15) is 11.0 Å². The number of carbonyl (C=O) groups is 1. The van der Waals surface area contributed by atoms with Gasteiger partial charge < -0.3 is 15.1 Å². The van der Waals surface area contributed by atoms with Crippen molar-refractivity contribution in [3.63, 3.8) is 0 Å². The number of nitrogens with zero attached hydrogens (tertiary/aromatic N) is 3. The lowest BCUT2D eigenvalue weighted by Crippen LogP contribution is -2.35. The third-order valence-electron chi connectivity index (χ3n) is 3.70. The summed E-state index contributed by atoms with van der Waals surface area (Å²) < 4.78 is 0. The van der Waals surface area contributed by atoms with Crippen molar-refractivity contribution in [2.45, 2.75) is 19.8 Å². The first kappa shape index (κ1) is 16.0. The number of likely N-dealkylation sites (N-methyl/N-ethyl adjacent to an activating group) is 1. The minimum atomic E-state index is -0.0161. The van der Waals surface area contributed by atoms with Crippen LogP contribution in [0.25, 0.3) is 0 Å². The molecular weight excluding hydrogens is 288 g/mol. The van der Waals surface area contributed by atoms with Gasteiger partial charge in [0.15, 0.2) is 0 Å². The van der Waals surface area contributed by atoms with Crippen LogP contribution in [-0.4, -0.2) is 60.5 Å². The standard InChI is InChI=1S/C15H23ClN4O/c1-3-17-14-11-12(10-13(16)18-14)15(21)19(2)8-9-20-6-4-5-7-20/h10-11H,3-9H2,1-2H3,(H,17,18). The molecule has 0 aliphatic carbocycles. The molecule has 0 radical (unpaired) electrons. The van der Waals surface area contributed by atoms with Crippen LogP contribution in [0.15, 0.2) is 12.1 Å². The first-order chi connectivity index (χ1) is 10.1. The SMILES string of the molecule is CCNc1cc(C(=O)N(C)CCN2CCCC2)cc(Cl)n1. The Hall–Kier alpha value is -1.33. The van der Waals surface area contributed by atoms with Crippen LogP contribution in [0.3, 0.4) is 0 Å². The van der Waals surface area contributed by atoms with Gasteiger partial charge in [-0.3, -0.25) is 4.79 Å². The van der Waals surface area contributed by atoms with Crippen molar-refractivity contribution in [1.82, 2.24) is 14.8 Å². The van der Waals surface area contributed by atoms with E-state index in [-0.39, 0.29) is 5.91 Å². The lowest BCUT2D eigenvalue weighted by Gasteiger charge is -2.21. The Morgan fingerprint density at radius 1 is 1.43 bits per heavy atom. The molecule has 0 saturated carbocycles. The lowest BCUT2D eigenvalue weighted by molar-refractivity contribution is 0.0782. The average molecular weight is 311 g/mol. The molecule has 1 aliphatic heterocycles. The molecule has 1 N–H and O–H groups in total. The maximum Gasteiger partial charge on any atom is 0.253 e. The molecule has 0 bridgehead atoms. The fourth-order valence-corrected chi connectivity index (χ4v) is 2.72. The maximum absolute atomic E-state index is 12.5. The van der Waals surface area contributed by atoms with Gasteiger partial charge in [0, 0.05) is 32.2 Å². The highest BCUT2D eigenvalue weighted by Gasteiger charge is 2.16. The molecule has 0 aromatic carbocycles. The summed E-state index contributed by atoms with van der Waals surface area (Å²) in [4.78, 5) is 20.7. The minimum Gasteiger partial charge on any atom is -0.370 e. The monoisotopic (exact) mass is 310 g/mol. The fraction of sp³-hybridized carbons (Fsp3) is 0.600. The predicted octanol–water partition coefficient (Wildman–Crippen LogP) is 2.33. The topological polar surface area (TPSA) is 48.5 Å². The zero-order chi connectivity index (χ0) is 15.2. The molecule has 2 rings (SSSR count). The van der Waals surface area contributed by atoms with Gasteiger partial charge in [-0.05, 0) is 45.0 Å². The molecule has 1 aromatic heterocycles. The van der Waals surface area contributed by atoms with Crippen LogP contribution >= 0.6 is 11.6 Å². The van der Waals surface area contributed by atoms with Crippen LogP contribution in [0.2, 0.25) is 5.15 Å². The van der Waals surface area contributed by atoms with Gasteiger partial charge >= 0.3 is 0 Å². The van der Waals surface area contributed by atoms with E-state index < -0.39 is 0 Å². The summed E-state index contributed by atoms with van der Waals surface area (Å²) in [5.74, 6) is 0.624. The Labute approximate surface area is 131 Å². The van der Waals surface area contributed by atoms with E-state index in [0.29, 0.717) is 16.5 Å². The van der Waals surface area contributed by atoms with Crippen molar-refractivity contribution < 1.29 is 4.79 Å². The van der Waals surface area contributed by atoms with Crippen molar-refractivity contribution >= 4 is 23.3 Å². The van der Waals surface area contributed by atoms with Gasteiger partial charge in [-0.1, -0.05) is 11.6 Å². The molecule has 1 saturated heterocycles. The normalized spacial score (nSPS) is 15.2. The van der Waals surface area contributed by atoms with Gasteiger partial charge in [-0.15, -0.1) is 0 Å². The first-order valence-corrected chi connectivity index (χ1v) is 7.87. The number of anilines is 1. The van der Waals surface area contributed by atoms with E-state index in [2.05, 4.69) is 15.2 Å². The maximum atomic E-state index is 12.5. The second-order valence-corrected chi connectivity index (χ2v) is 5.76. The third kappa shape index (κ3) is 4.58. The van der Waals surface area contributed by atoms with Crippen LogP contribution in [-0.2, 0) is 0 Å². The first-order valence-electron chi connectivity index (χ1n) is 7.49. The van der Waals surface area contributed by atoms with Crippen LogP contribution in [0.4, 0.5) is 5.82 Å². The zero-order valence-electron chi connectivity index (χ0n) is 12.7. The molecule has 116 valence electrons. The number of hydrogen-bond acceptors (Lipinski definition) is 4. The number of amides is 1. The number of halogens is 1. The highest BCUT2D eigenvalue weighted by atomic mass is 35.5. The van der Waals surface area contributed by atoms with Gasteiger partial charge in [0.25, 0.3) is 5.91 Å². The Balaban J connectivity index is 1.97. The number of aromatic nitrogens is 1. The van der Waals surface area contributed by atoms with Gasteiger partial charge in [0.05, 0.1) is 0 Å². The second kappa shape index (κ2) is 7.61. The molecule has 0 atom stereocenters. The average Bonchev–Trinajstić information content (AvgIpc) is 2.97. The van der Waals surface area contributed by atoms with Crippen molar-refractivity contribution in [3.05, 3.63) is 22.8 Å². The van der Waals surface area contributed by atoms with Crippen LogP contribution in [0.5, 0.6) is 0 Å². The third-order valence-corrected chi connectivity index (χ3v) is 3.89. The van der Waals surface area contributed by atoms with Crippen molar-refractivity contribution in [3.8, 4) is 0 Å². The van der Waals surface area contributed by atoms with Crippen molar-refractivity contribution in [2.75, 3.05) is 45.1 Å². The number of hydrogen-bond donors (Lipinski definition) is 1. The van der Waals surface area contributed by atoms with E-state index in [9.17, 15) is 4.79 Å².